The van der Waals surface area contributed by atoms with Crippen molar-refractivity contribution in [1.29, 1.82) is 0 Å². The van der Waals surface area contributed by atoms with Crippen LogP contribution in [0.5, 0.6) is 11.5 Å². The van der Waals surface area contributed by atoms with Crippen molar-refractivity contribution >= 4 is 16.8 Å². The molecule has 0 aliphatic heterocycles. The SMILES string of the molecule is Cc1c(Oc2ccnc3cc(-c4cn(C)cn4)ccc23)cccc1C(=O)NCc1ccncc1. The maximum atomic E-state index is 12.8. The Bertz CT molecular complexity index is 1480. The first-order valence-corrected chi connectivity index (χ1v) is 10.9. The molecule has 1 N–H and O–H groups in total. The number of amides is 1. The number of aromatic nitrogens is 4. The van der Waals surface area contributed by atoms with Gasteiger partial charge in [0.1, 0.15) is 11.5 Å². The predicted octanol–water partition coefficient (Wildman–Crippen LogP) is 5.06. The predicted molar refractivity (Wildman–Crippen MR) is 131 cm³/mol. The summed E-state index contributed by atoms with van der Waals surface area (Å²) in [6, 6.07) is 17.1. The quantitative estimate of drug-likeness (QED) is 0.392. The zero-order valence-electron chi connectivity index (χ0n) is 18.9. The van der Waals surface area contributed by atoms with E-state index in [0.29, 0.717) is 23.6 Å². The maximum Gasteiger partial charge on any atom is 0.251 e. The highest BCUT2D eigenvalue weighted by molar-refractivity contribution is 5.96. The number of hydrogen-bond donors (Lipinski definition) is 1. The molecule has 3 aromatic heterocycles. The van der Waals surface area contributed by atoms with E-state index in [2.05, 4.69) is 20.3 Å². The van der Waals surface area contributed by atoms with Gasteiger partial charge in [0.2, 0.25) is 0 Å². The molecule has 2 aromatic carbocycles. The van der Waals surface area contributed by atoms with Crippen LogP contribution in [0.25, 0.3) is 22.2 Å². The van der Waals surface area contributed by atoms with Gasteiger partial charge in [-0.3, -0.25) is 14.8 Å². The molecule has 7 nitrogen and oxygen atoms in total. The lowest BCUT2D eigenvalue weighted by Crippen LogP contribution is -2.23. The average Bonchev–Trinajstić information content (AvgIpc) is 3.30. The Morgan fingerprint density at radius 1 is 1.00 bits per heavy atom. The number of carbonyl (C=O) groups excluding carboxylic acids is 1. The van der Waals surface area contributed by atoms with Crippen LogP contribution >= 0.6 is 0 Å². The fraction of sp³-hybridized carbons (Fsp3) is 0.111. The van der Waals surface area contributed by atoms with Crippen LogP contribution in [0.1, 0.15) is 21.5 Å². The van der Waals surface area contributed by atoms with E-state index >= 15 is 0 Å². The molecular formula is C27H23N5O2. The summed E-state index contributed by atoms with van der Waals surface area (Å²) < 4.78 is 8.19. The first kappa shape index (κ1) is 21.3. The van der Waals surface area contributed by atoms with Crippen molar-refractivity contribution < 1.29 is 9.53 Å². The lowest BCUT2D eigenvalue weighted by molar-refractivity contribution is 0.0950. The molecule has 5 aromatic rings. The zero-order chi connectivity index (χ0) is 23.5. The van der Waals surface area contributed by atoms with Crippen LogP contribution in [-0.4, -0.2) is 25.4 Å². The molecule has 0 unspecified atom stereocenters. The summed E-state index contributed by atoms with van der Waals surface area (Å²) in [5, 5.41) is 3.84. The molecule has 0 aliphatic carbocycles. The molecule has 0 spiro atoms. The average molecular weight is 450 g/mol. The Labute approximate surface area is 197 Å². The van der Waals surface area contributed by atoms with Crippen LogP contribution in [-0.2, 0) is 13.6 Å². The highest BCUT2D eigenvalue weighted by Gasteiger charge is 2.14. The van der Waals surface area contributed by atoms with Gasteiger partial charge in [-0.2, -0.15) is 0 Å². The highest BCUT2D eigenvalue weighted by Crippen LogP contribution is 2.33. The van der Waals surface area contributed by atoms with Crippen molar-refractivity contribution in [2.24, 2.45) is 7.05 Å². The Morgan fingerprint density at radius 2 is 1.85 bits per heavy atom. The molecule has 0 atom stereocenters. The van der Waals surface area contributed by atoms with Crippen molar-refractivity contribution in [3.63, 3.8) is 0 Å². The van der Waals surface area contributed by atoms with Crippen molar-refractivity contribution in [1.82, 2.24) is 24.8 Å². The third-order valence-corrected chi connectivity index (χ3v) is 5.65. The molecule has 5 rings (SSSR count). The molecular weight excluding hydrogens is 426 g/mol. The van der Waals surface area contributed by atoms with Gasteiger partial charge in [-0.15, -0.1) is 0 Å². The monoisotopic (exact) mass is 449 g/mol. The highest BCUT2D eigenvalue weighted by atomic mass is 16.5. The lowest BCUT2D eigenvalue weighted by atomic mass is 10.1. The van der Waals surface area contributed by atoms with Crippen LogP contribution in [0.15, 0.2) is 85.7 Å². The minimum Gasteiger partial charge on any atom is -0.456 e. The number of carbonyl (C=O) groups is 1. The molecule has 168 valence electrons. The number of benzene rings is 2. The van der Waals surface area contributed by atoms with Crippen LogP contribution < -0.4 is 10.1 Å². The van der Waals surface area contributed by atoms with E-state index in [9.17, 15) is 4.79 Å². The van der Waals surface area contributed by atoms with Crippen molar-refractivity contribution in [2.45, 2.75) is 13.5 Å². The Hall–Kier alpha value is -4.52. The van der Waals surface area contributed by atoms with E-state index in [1.165, 1.54) is 0 Å². The first-order chi connectivity index (χ1) is 16.6. The molecule has 3 heterocycles. The smallest absolute Gasteiger partial charge is 0.251 e. The second-order valence-corrected chi connectivity index (χ2v) is 8.03. The lowest BCUT2D eigenvalue weighted by Gasteiger charge is -2.14. The van der Waals surface area contributed by atoms with Crippen molar-refractivity contribution in [3.05, 3.63) is 102 Å². The van der Waals surface area contributed by atoms with E-state index in [1.54, 1.807) is 31.0 Å². The Balaban J connectivity index is 1.39. The first-order valence-electron chi connectivity index (χ1n) is 10.9. The largest absolute Gasteiger partial charge is 0.456 e. The van der Waals surface area contributed by atoms with Gasteiger partial charge in [0, 0.05) is 60.5 Å². The van der Waals surface area contributed by atoms with Gasteiger partial charge in [-0.1, -0.05) is 12.1 Å². The van der Waals surface area contributed by atoms with Gasteiger partial charge >= 0.3 is 0 Å². The van der Waals surface area contributed by atoms with Crippen molar-refractivity contribution in [3.8, 4) is 22.8 Å². The molecule has 0 aliphatic rings. The molecule has 0 bridgehead atoms. The fourth-order valence-corrected chi connectivity index (χ4v) is 3.80. The van der Waals surface area contributed by atoms with Gasteiger partial charge in [0.05, 0.1) is 17.5 Å². The summed E-state index contributed by atoms with van der Waals surface area (Å²) in [5.41, 5.74) is 5.01. The molecule has 0 fully saturated rings. The molecule has 34 heavy (non-hydrogen) atoms. The third-order valence-electron chi connectivity index (χ3n) is 5.65. The Morgan fingerprint density at radius 3 is 2.65 bits per heavy atom. The summed E-state index contributed by atoms with van der Waals surface area (Å²) in [6.45, 7) is 2.32. The standard InChI is InChI=1S/C27H23N5O2/c1-18-21(27(33)30-15-19-8-11-28-12-9-19)4-3-5-25(18)34-26-10-13-29-23-14-20(6-7-22(23)26)24-16-32(2)17-31-24/h3-14,16-17H,15H2,1-2H3,(H,30,33). The van der Waals surface area contributed by atoms with Crippen LogP contribution in [0.3, 0.4) is 0 Å². The summed E-state index contributed by atoms with van der Waals surface area (Å²) >= 11 is 0. The topological polar surface area (TPSA) is 81.9 Å². The normalized spacial score (nSPS) is 10.9. The third kappa shape index (κ3) is 4.36. The van der Waals surface area contributed by atoms with E-state index in [4.69, 9.17) is 4.74 Å². The van der Waals surface area contributed by atoms with Gasteiger partial charge in [-0.25, -0.2) is 4.98 Å². The van der Waals surface area contributed by atoms with Gasteiger partial charge < -0.3 is 14.6 Å². The Kier molecular flexibility index (Phi) is 5.74. The van der Waals surface area contributed by atoms with Gasteiger partial charge in [0.15, 0.2) is 0 Å². The summed E-state index contributed by atoms with van der Waals surface area (Å²) in [7, 11) is 1.94. The molecule has 0 saturated carbocycles. The van der Waals surface area contributed by atoms with E-state index in [-0.39, 0.29) is 5.91 Å². The van der Waals surface area contributed by atoms with Gasteiger partial charge in [0.25, 0.3) is 5.91 Å². The second-order valence-electron chi connectivity index (χ2n) is 8.03. The number of fused-ring (bicyclic) bond motifs is 1. The van der Waals surface area contributed by atoms with Crippen molar-refractivity contribution in [2.75, 3.05) is 0 Å². The summed E-state index contributed by atoms with van der Waals surface area (Å²) in [6.07, 6.45) is 8.88. The maximum absolute atomic E-state index is 12.8. The zero-order valence-corrected chi connectivity index (χ0v) is 18.9. The van der Waals surface area contributed by atoms with Crippen LogP contribution in [0, 0.1) is 6.92 Å². The van der Waals surface area contributed by atoms with Gasteiger partial charge in [-0.05, 0) is 55.0 Å². The number of ether oxygens (including phenoxy) is 1. The molecule has 1 amide bonds. The summed E-state index contributed by atoms with van der Waals surface area (Å²) in [5.74, 6) is 1.15. The minimum atomic E-state index is -0.153. The number of rotatable bonds is 6. The number of hydrogen-bond acceptors (Lipinski definition) is 5. The van der Waals surface area contributed by atoms with E-state index in [0.717, 1.165) is 33.3 Å². The van der Waals surface area contributed by atoms with E-state index < -0.39 is 0 Å². The molecule has 0 saturated heterocycles. The number of nitrogens with zero attached hydrogens (tertiary/aromatic N) is 4. The second kappa shape index (κ2) is 9.15. The summed E-state index contributed by atoms with van der Waals surface area (Å²) in [4.78, 5) is 25.8. The minimum absolute atomic E-state index is 0.153. The van der Waals surface area contributed by atoms with E-state index in [1.807, 2.05) is 73.3 Å². The van der Waals surface area contributed by atoms with Crippen LogP contribution in [0.4, 0.5) is 0 Å². The molecule has 7 heteroatoms. The molecule has 0 radical (unpaired) electrons. The number of pyridine rings is 2. The fourth-order valence-electron chi connectivity index (χ4n) is 3.80. The van der Waals surface area contributed by atoms with Crippen LogP contribution in [0.2, 0.25) is 0 Å². The number of imidazole rings is 1. The number of aryl methyl sites for hydroxylation is 1. The number of nitrogens with one attached hydrogen (secondary N) is 1.